The monoisotopic (exact) mass is 362 g/mol. The smallest absolute Gasteiger partial charge is 0.241 e. The van der Waals surface area contributed by atoms with Gasteiger partial charge in [-0.2, -0.15) is 0 Å². The van der Waals surface area contributed by atoms with Crippen molar-refractivity contribution in [3.63, 3.8) is 0 Å². The summed E-state index contributed by atoms with van der Waals surface area (Å²) in [6.45, 7) is 3.99. The lowest BCUT2D eigenvalue weighted by Gasteiger charge is -2.14. The maximum atomic E-state index is 11.8. The zero-order valence-corrected chi connectivity index (χ0v) is 13.1. The van der Waals surface area contributed by atoms with Crippen molar-refractivity contribution in [3.8, 4) is 0 Å². The van der Waals surface area contributed by atoms with E-state index >= 15 is 0 Å². The van der Waals surface area contributed by atoms with Gasteiger partial charge in [-0.3, -0.25) is 4.79 Å². The molecule has 0 spiro atoms. The molecular formula is C12H16Br2N2O. The molecule has 0 aliphatic heterocycles. The predicted octanol–water partition coefficient (Wildman–Crippen LogP) is 3.59. The van der Waals surface area contributed by atoms with Crippen LogP contribution < -0.4 is 11.1 Å². The second-order valence-corrected chi connectivity index (χ2v) is 5.70. The van der Waals surface area contributed by atoms with E-state index in [1.165, 1.54) is 0 Å². The fourth-order valence-electron chi connectivity index (χ4n) is 1.48. The molecule has 1 atom stereocenters. The van der Waals surface area contributed by atoms with Gasteiger partial charge in [-0.25, -0.2) is 0 Å². The second-order valence-electron chi connectivity index (χ2n) is 3.99. The lowest BCUT2D eigenvalue weighted by Crippen LogP contribution is -2.35. The summed E-state index contributed by atoms with van der Waals surface area (Å²) in [5.74, 6) is -0.155. The van der Waals surface area contributed by atoms with E-state index in [4.69, 9.17) is 5.73 Å². The van der Waals surface area contributed by atoms with E-state index in [2.05, 4.69) is 37.2 Å². The van der Waals surface area contributed by atoms with Crippen LogP contribution in [0.1, 0.15) is 25.3 Å². The van der Waals surface area contributed by atoms with E-state index in [1.807, 2.05) is 26.0 Å². The first kappa shape index (κ1) is 14.7. The number of carbonyl (C=O) groups excluding carboxylic acids is 1. The Morgan fingerprint density at radius 2 is 1.94 bits per heavy atom. The number of nitrogens with one attached hydrogen (secondary N) is 1. The summed E-state index contributed by atoms with van der Waals surface area (Å²) in [7, 11) is 0. The summed E-state index contributed by atoms with van der Waals surface area (Å²) < 4.78 is 1.70. The molecule has 0 fully saturated rings. The molecule has 0 unspecified atom stereocenters. The van der Waals surface area contributed by atoms with E-state index in [-0.39, 0.29) is 5.91 Å². The average Bonchev–Trinajstić information content (AvgIpc) is 2.23. The minimum absolute atomic E-state index is 0.155. The Hall–Kier alpha value is -0.390. The summed E-state index contributed by atoms with van der Waals surface area (Å²) in [5.41, 5.74) is 7.60. The standard InChI is InChI=1S/C12H16Br2N2O/c1-3-4-10(15)12(17)16-11-8(13)5-7(2)6-9(11)14/h5-6,10H,3-4,15H2,1-2H3,(H,16,17)/t10-/m1/s1. The Morgan fingerprint density at radius 1 is 1.41 bits per heavy atom. The van der Waals surface area contributed by atoms with Gasteiger partial charge in [0.05, 0.1) is 11.7 Å². The molecule has 1 rings (SSSR count). The molecule has 0 aromatic heterocycles. The Labute approximate surface area is 118 Å². The number of halogens is 2. The van der Waals surface area contributed by atoms with Crippen molar-refractivity contribution in [1.29, 1.82) is 0 Å². The van der Waals surface area contributed by atoms with Crippen LogP contribution in [0.5, 0.6) is 0 Å². The highest BCUT2D eigenvalue weighted by Gasteiger charge is 2.15. The molecule has 0 saturated carbocycles. The molecule has 3 nitrogen and oxygen atoms in total. The van der Waals surface area contributed by atoms with Crippen LogP contribution in [0.4, 0.5) is 5.69 Å². The largest absolute Gasteiger partial charge is 0.323 e. The minimum Gasteiger partial charge on any atom is -0.323 e. The lowest BCUT2D eigenvalue weighted by atomic mass is 10.1. The van der Waals surface area contributed by atoms with Gasteiger partial charge < -0.3 is 11.1 Å². The Morgan fingerprint density at radius 3 is 2.41 bits per heavy atom. The van der Waals surface area contributed by atoms with Gasteiger partial charge in [0, 0.05) is 8.95 Å². The maximum absolute atomic E-state index is 11.8. The number of hydrogen-bond acceptors (Lipinski definition) is 2. The summed E-state index contributed by atoms with van der Waals surface area (Å²) >= 11 is 6.86. The van der Waals surface area contributed by atoms with Gasteiger partial charge in [-0.05, 0) is 62.9 Å². The molecule has 0 radical (unpaired) electrons. The number of rotatable bonds is 4. The van der Waals surface area contributed by atoms with Gasteiger partial charge in [0.1, 0.15) is 0 Å². The quantitative estimate of drug-likeness (QED) is 0.858. The van der Waals surface area contributed by atoms with Crippen molar-refractivity contribution in [1.82, 2.24) is 0 Å². The van der Waals surface area contributed by atoms with Gasteiger partial charge in [-0.1, -0.05) is 13.3 Å². The van der Waals surface area contributed by atoms with Crippen molar-refractivity contribution in [2.24, 2.45) is 5.73 Å². The number of hydrogen-bond donors (Lipinski definition) is 2. The fraction of sp³-hybridized carbons (Fsp3) is 0.417. The molecular weight excluding hydrogens is 348 g/mol. The molecule has 0 heterocycles. The molecule has 0 aliphatic carbocycles. The molecule has 3 N–H and O–H groups in total. The molecule has 1 aromatic carbocycles. The SMILES string of the molecule is CCC[C@@H](N)C(=O)Nc1c(Br)cc(C)cc1Br. The third-order valence-electron chi connectivity index (χ3n) is 2.37. The molecule has 0 aliphatic rings. The van der Waals surface area contributed by atoms with Gasteiger partial charge in [0.2, 0.25) is 5.91 Å². The number of amides is 1. The average molecular weight is 364 g/mol. The minimum atomic E-state index is -0.458. The molecule has 1 amide bonds. The van der Waals surface area contributed by atoms with Gasteiger partial charge in [0.15, 0.2) is 0 Å². The first-order valence-electron chi connectivity index (χ1n) is 5.47. The van der Waals surface area contributed by atoms with Crippen LogP contribution in [0.25, 0.3) is 0 Å². The van der Waals surface area contributed by atoms with Crippen molar-refractivity contribution < 1.29 is 4.79 Å². The van der Waals surface area contributed by atoms with Crippen molar-refractivity contribution in [2.75, 3.05) is 5.32 Å². The van der Waals surface area contributed by atoms with Crippen molar-refractivity contribution >= 4 is 43.5 Å². The van der Waals surface area contributed by atoms with Gasteiger partial charge >= 0.3 is 0 Å². The Kier molecular flexibility index (Phi) is 5.62. The molecule has 17 heavy (non-hydrogen) atoms. The highest BCUT2D eigenvalue weighted by molar-refractivity contribution is 9.11. The summed E-state index contributed by atoms with van der Waals surface area (Å²) in [6.07, 6.45) is 1.58. The van der Waals surface area contributed by atoms with E-state index in [0.29, 0.717) is 6.42 Å². The van der Waals surface area contributed by atoms with E-state index in [0.717, 1.165) is 26.6 Å². The van der Waals surface area contributed by atoms with Crippen molar-refractivity contribution in [3.05, 3.63) is 26.6 Å². The van der Waals surface area contributed by atoms with Crippen molar-refractivity contribution in [2.45, 2.75) is 32.7 Å². The van der Waals surface area contributed by atoms with Gasteiger partial charge in [-0.15, -0.1) is 0 Å². The van der Waals surface area contributed by atoms with Crippen LogP contribution in [0.3, 0.4) is 0 Å². The lowest BCUT2D eigenvalue weighted by molar-refractivity contribution is -0.117. The fourth-order valence-corrected chi connectivity index (χ4v) is 3.09. The van der Waals surface area contributed by atoms with Crippen LogP contribution in [0, 0.1) is 6.92 Å². The number of aryl methyl sites for hydroxylation is 1. The number of carbonyl (C=O) groups is 1. The van der Waals surface area contributed by atoms with E-state index in [1.54, 1.807) is 0 Å². The molecule has 1 aromatic rings. The Bertz CT molecular complexity index is 398. The van der Waals surface area contributed by atoms with Crippen LogP contribution >= 0.6 is 31.9 Å². The summed E-state index contributed by atoms with van der Waals surface area (Å²) in [6, 6.07) is 3.44. The van der Waals surface area contributed by atoms with Crippen LogP contribution in [0.15, 0.2) is 21.1 Å². The number of anilines is 1. The molecule has 0 saturated heterocycles. The molecule has 0 bridgehead atoms. The first-order chi connectivity index (χ1) is 7.95. The van der Waals surface area contributed by atoms with Crippen LogP contribution in [-0.4, -0.2) is 11.9 Å². The highest BCUT2D eigenvalue weighted by Crippen LogP contribution is 2.32. The predicted molar refractivity (Wildman–Crippen MR) is 78.1 cm³/mol. The highest BCUT2D eigenvalue weighted by atomic mass is 79.9. The third-order valence-corrected chi connectivity index (χ3v) is 3.62. The van der Waals surface area contributed by atoms with Crippen LogP contribution in [-0.2, 0) is 4.79 Å². The van der Waals surface area contributed by atoms with E-state index in [9.17, 15) is 4.79 Å². The number of benzene rings is 1. The maximum Gasteiger partial charge on any atom is 0.241 e. The molecule has 94 valence electrons. The normalized spacial score (nSPS) is 12.3. The second kappa shape index (κ2) is 6.52. The van der Waals surface area contributed by atoms with E-state index < -0.39 is 6.04 Å². The zero-order valence-electron chi connectivity index (χ0n) is 9.89. The topological polar surface area (TPSA) is 55.1 Å². The molecule has 5 heteroatoms. The van der Waals surface area contributed by atoms with Crippen LogP contribution in [0.2, 0.25) is 0 Å². The number of nitrogens with two attached hydrogens (primary N) is 1. The van der Waals surface area contributed by atoms with Gasteiger partial charge in [0.25, 0.3) is 0 Å². The Balaban J connectivity index is 2.85. The first-order valence-corrected chi connectivity index (χ1v) is 7.06. The third kappa shape index (κ3) is 4.08. The summed E-state index contributed by atoms with van der Waals surface area (Å²) in [5, 5.41) is 2.83. The zero-order chi connectivity index (χ0) is 13.0. The summed E-state index contributed by atoms with van der Waals surface area (Å²) in [4.78, 5) is 11.8.